The summed E-state index contributed by atoms with van der Waals surface area (Å²) in [5, 5.41) is 0. The number of ether oxygens (including phenoxy) is 6. The van der Waals surface area contributed by atoms with Crippen LogP contribution in [0.2, 0.25) is 0 Å². The number of esters is 4. The van der Waals surface area contributed by atoms with E-state index in [0.29, 0.717) is 29.8 Å². The van der Waals surface area contributed by atoms with Crippen LogP contribution in [0.4, 0.5) is 0 Å². The summed E-state index contributed by atoms with van der Waals surface area (Å²) in [5.74, 6) is 2.93. The Morgan fingerprint density at radius 3 is 1.23 bits per heavy atom. The highest BCUT2D eigenvalue weighted by Crippen LogP contribution is 2.40. The maximum Gasteiger partial charge on any atom is 0.336 e. The quantitative estimate of drug-likeness (QED) is 0.0574. The van der Waals surface area contributed by atoms with Crippen LogP contribution in [0.25, 0.3) is 12.2 Å². The van der Waals surface area contributed by atoms with Gasteiger partial charge in [0.15, 0.2) is 0 Å². The molecular weight excluding hydrogens is 869 g/mol. The molecule has 0 bridgehead atoms. The van der Waals surface area contributed by atoms with Crippen LogP contribution in [-0.2, 0) is 34.1 Å². The molecule has 0 aromatic heterocycles. The first-order chi connectivity index (χ1) is 32.8. The Balaban J connectivity index is 0.000000258. The molecule has 0 saturated heterocycles. The lowest BCUT2D eigenvalue weighted by Gasteiger charge is -2.37. The lowest BCUT2D eigenvalue weighted by Crippen LogP contribution is -2.34. The van der Waals surface area contributed by atoms with E-state index in [0.717, 1.165) is 91.5 Å². The van der Waals surface area contributed by atoms with Gasteiger partial charge in [0.2, 0.25) is 0 Å². The molecule has 0 spiro atoms. The van der Waals surface area contributed by atoms with Crippen molar-refractivity contribution in [2.45, 2.75) is 137 Å². The van der Waals surface area contributed by atoms with Crippen molar-refractivity contribution in [1.29, 1.82) is 0 Å². The van der Waals surface area contributed by atoms with Crippen LogP contribution in [0.3, 0.4) is 0 Å². The molecule has 370 valence electrons. The van der Waals surface area contributed by atoms with Crippen LogP contribution in [0.15, 0.2) is 109 Å². The van der Waals surface area contributed by atoms with E-state index in [-0.39, 0.29) is 35.5 Å². The highest BCUT2D eigenvalue weighted by Gasteiger charge is 2.35. The van der Waals surface area contributed by atoms with Gasteiger partial charge in [0.05, 0.1) is 25.0 Å². The SMILES string of the molecule is CCC(C)(C)C(=O)OC1CCC(C2CCC(OC(=O)/C=C/c3ccc(OC)cc3)CC2)CC1.CCC(C)(C)C(=O)Oc1ccc(C(C)(C)c2ccc(OC(=O)/C=C/c3ccc(OC)cc3)cc2)cc1. The fraction of sp³-hybridized carbons (Fsp3) is 0.458. The molecule has 2 saturated carbocycles. The highest BCUT2D eigenvalue weighted by atomic mass is 16.6. The van der Waals surface area contributed by atoms with Crippen LogP contribution >= 0.6 is 0 Å². The first kappa shape index (κ1) is 53.8. The van der Waals surface area contributed by atoms with Crippen molar-refractivity contribution in [3.05, 3.63) is 131 Å². The first-order valence-electron chi connectivity index (χ1n) is 24.6. The van der Waals surface area contributed by atoms with E-state index in [1.807, 2.05) is 126 Å². The summed E-state index contributed by atoms with van der Waals surface area (Å²) < 4.78 is 32.8. The molecule has 0 unspecified atom stereocenters. The van der Waals surface area contributed by atoms with Crippen molar-refractivity contribution in [2.24, 2.45) is 22.7 Å². The van der Waals surface area contributed by atoms with Crippen LogP contribution in [0.1, 0.15) is 142 Å². The fourth-order valence-electron chi connectivity index (χ4n) is 8.36. The summed E-state index contributed by atoms with van der Waals surface area (Å²) in [6.45, 7) is 15.9. The molecule has 69 heavy (non-hydrogen) atoms. The number of carbonyl (C=O) groups is 4. The minimum atomic E-state index is -0.519. The second kappa shape index (κ2) is 24.9. The van der Waals surface area contributed by atoms with Crippen molar-refractivity contribution in [1.82, 2.24) is 0 Å². The Labute approximate surface area is 410 Å². The highest BCUT2D eigenvalue weighted by molar-refractivity contribution is 5.89. The van der Waals surface area contributed by atoms with Crippen molar-refractivity contribution >= 4 is 36.0 Å². The maximum absolute atomic E-state index is 12.4. The number of carbonyl (C=O) groups excluding carboxylic acids is 4. The second-order valence-corrected chi connectivity index (χ2v) is 20.1. The number of hydrogen-bond acceptors (Lipinski definition) is 10. The number of benzene rings is 4. The molecule has 2 aliphatic carbocycles. The van der Waals surface area contributed by atoms with E-state index in [4.69, 9.17) is 28.4 Å². The Hall–Kier alpha value is -6.16. The average molecular weight is 943 g/mol. The molecular formula is C59H74O10. The smallest absolute Gasteiger partial charge is 0.336 e. The van der Waals surface area contributed by atoms with Crippen LogP contribution < -0.4 is 18.9 Å². The number of hydrogen-bond donors (Lipinski definition) is 0. The van der Waals surface area contributed by atoms with E-state index >= 15 is 0 Å². The van der Waals surface area contributed by atoms with Gasteiger partial charge in [-0.05, 0) is 187 Å². The van der Waals surface area contributed by atoms with Gasteiger partial charge in [0.25, 0.3) is 0 Å². The average Bonchev–Trinajstić information content (AvgIpc) is 3.36. The predicted molar refractivity (Wildman–Crippen MR) is 272 cm³/mol. The normalized spacial score (nSPS) is 18.6. The molecule has 0 heterocycles. The Morgan fingerprint density at radius 2 is 0.826 bits per heavy atom. The molecule has 0 atom stereocenters. The van der Waals surface area contributed by atoms with Gasteiger partial charge in [0, 0.05) is 17.6 Å². The first-order valence-corrected chi connectivity index (χ1v) is 24.6. The summed E-state index contributed by atoms with van der Waals surface area (Å²) >= 11 is 0. The fourth-order valence-corrected chi connectivity index (χ4v) is 8.36. The Morgan fingerprint density at radius 1 is 0.464 bits per heavy atom. The van der Waals surface area contributed by atoms with Gasteiger partial charge in [-0.15, -0.1) is 0 Å². The molecule has 10 heteroatoms. The standard InChI is InChI=1S/C31H34O5.C28H40O5/c1-7-30(2,3)29(33)36-27-19-13-24(14-20-27)31(4,5)23-11-17-26(18-12-23)35-28(32)21-10-22-8-15-25(34-6)16-9-22;1-5-28(2,3)27(30)33-25-17-11-22(12-18-25)21-9-15-24(16-10-21)32-26(29)19-8-20-6-13-23(31-4)14-7-20/h8-21H,7H2,1-6H3;6-8,13-14,19,21-22,24-25H,5,9-12,15-18H2,1-4H3/b21-10+;19-8+. The molecule has 0 radical (unpaired) electrons. The van der Waals surface area contributed by atoms with Gasteiger partial charge < -0.3 is 28.4 Å². The number of rotatable bonds is 17. The van der Waals surface area contributed by atoms with E-state index in [2.05, 4.69) is 13.8 Å². The summed E-state index contributed by atoms with van der Waals surface area (Å²) in [4.78, 5) is 49.2. The van der Waals surface area contributed by atoms with Gasteiger partial charge in [0.1, 0.15) is 35.2 Å². The number of methoxy groups -OCH3 is 2. The van der Waals surface area contributed by atoms with Crippen LogP contribution in [-0.4, -0.2) is 50.3 Å². The largest absolute Gasteiger partial charge is 0.497 e. The molecule has 10 nitrogen and oxygen atoms in total. The molecule has 6 rings (SSSR count). The van der Waals surface area contributed by atoms with E-state index < -0.39 is 16.8 Å². The summed E-state index contributed by atoms with van der Waals surface area (Å²) in [6.07, 6.45) is 16.3. The molecule has 0 amide bonds. The minimum Gasteiger partial charge on any atom is -0.497 e. The van der Waals surface area contributed by atoms with E-state index in [1.165, 1.54) is 12.2 Å². The predicted octanol–water partition coefficient (Wildman–Crippen LogP) is 13.3. The lowest BCUT2D eigenvalue weighted by atomic mass is 9.72. The lowest BCUT2D eigenvalue weighted by molar-refractivity contribution is -0.162. The third-order valence-electron chi connectivity index (χ3n) is 14.2. The molecule has 2 fully saturated rings. The van der Waals surface area contributed by atoms with Gasteiger partial charge in [-0.1, -0.05) is 76.2 Å². The third kappa shape index (κ3) is 15.9. The summed E-state index contributed by atoms with van der Waals surface area (Å²) in [6, 6.07) is 30.0. The van der Waals surface area contributed by atoms with Crippen LogP contribution in [0.5, 0.6) is 23.0 Å². The minimum absolute atomic E-state index is 0.0165. The zero-order chi connectivity index (χ0) is 50.2. The zero-order valence-electron chi connectivity index (χ0n) is 42.5. The van der Waals surface area contributed by atoms with Crippen molar-refractivity contribution in [2.75, 3.05) is 14.2 Å². The summed E-state index contributed by atoms with van der Waals surface area (Å²) in [7, 11) is 3.24. The van der Waals surface area contributed by atoms with Gasteiger partial charge in [-0.25, -0.2) is 9.59 Å². The van der Waals surface area contributed by atoms with Gasteiger partial charge >= 0.3 is 23.9 Å². The zero-order valence-corrected chi connectivity index (χ0v) is 42.5. The van der Waals surface area contributed by atoms with Gasteiger partial charge in [-0.2, -0.15) is 0 Å². The second-order valence-electron chi connectivity index (χ2n) is 20.1. The van der Waals surface area contributed by atoms with E-state index in [9.17, 15) is 19.2 Å². The van der Waals surface area contributed by atoms with Crippen molar-refractivity contribution < 1.29 is 47.6 Å². The third-order valence-corrected chi connectivity index (χ3v) is 14.2. The van der Waals surface area contributed by atoms with E-state index in [1.54, 1.807) is 38.5 Å². The summed E-state index contributed by atoms with van der Waals surface area (Å²) in [5.41, 5.74) is 2.74. The molecule has 0 N–H and O–H groups in total. The molecule has 2 aliphatic rings. The van der Waals surface area contributed by atoms with Crippen molar-refractivity contribution in [3.8, 4) is 23.0 Å². The van der Waals surface area contributed by atoms with Crippen LogP contribution in [0, 0.1) is 22.7 Å². The topological polar surface area (TPSA) is 124 Å². The Bertz CT molecular complexity index is 2320. The van der Waals surface area contributed by atoms with Gasteiger partial charge in [-0.3, -0.25) is 9.59 Å². The molecule has 4 aromatic carbocycles. The monoisotopic (exact) mass is 943 g/mol. The molecule has 4 aromatic rings. The van der Waals surface area contributed by atoms with Crippen molar-refractivity contribution in [3.63, 3.8) is 0 Å². The Kier molecular flexibility index (Phi) is 19.4. The maximum atomic E-state index is 12.4. The molecule has 0 aliphatic heterocycles.